The summed E-state index contributed by atoms with van der Waals surface area (Å²) in [6.45, 7) is 11.9. The van der Waals surface area contributed by atoms with Gasteiger partial charge in [0.05, 0.1) is 0 Å². The predicted octanol–water partition coefficient (Wildman–Crippen LogP) is 4.15. The van der Waals surface area contributed by atoms with E-state index in [2.05, 4.69) is 38.7 Å². The third-order valence-electron chi connectivity index (χ3n) is 3.89. The van der Waals surface area contributed by atoms with Crippen molar-refractivity contribution in [3.05, 3.63) is 12.7 Å². The third-order valence-corrected chi connectivity index (χ3v) is 3.89. The van der Waals surface area contributed by atoms with Crippen molar-refractivity contribution in [1.82, 2.24) is 5.32 Å². The molecule has 1 rings (SSSR count). The largest absolute Gasteiger partial charge is 0.314 e. The van der Waals surface area contributed by atoms with Gasteiger partial charge in [-0.2, -0.15) is 0 Å². The molecule has 1 unspecified atom stereocenters. The fraction of sp³-hybridized carbons (Fsp3) is 0.867. The molecule has 1 saturated carbocycles. The Labute approximate surface area is 102 Å². The molecule has 94 valence electrons. The van der Waals surface area contributed by atoms with Gasteiger partial charge in [-0.25, -0.2) is 0 Å². The molecule has 1 heteroatoms. The van der Waals surface area contributed by atoms with E-state index in [1.807, 2.05) is 0 Å². The molecule has 1 aliphatic rings. The summed E-state index contributed by atoms with van der Waals surface area (Å²) in [4.78, 5) is 0. The molecule has 0 aromatic heterocycles. The lowest BCUT2D eigenvalue weighted by Gasteiger charge is -2.33. The van der Waals surface area contributed by atoms with Crippen LogP contribution in [0.4, 0.5) is 0 Å². The van der Waals surface area contributed by atoms with Gasteiger partial charge in [0.2, 0.25) is 0 Å². The van der Waals surface area contributed by atoms with Gasteiger partial charge in [0.1, 0.15) is 0 Å². The fourth-order valence-electron chi connectivity index (χ4n) is 2.72. The molecule has 0 saturated heterocycles. The van der Waals surface area contributed by atoms with Crippen LogP contribution in [0.15, 0.2) is 12.7 Å². The van der Waals surface area contributed by atoms with E-state index in [1.54, 1.807) is 0 Å². The van der Waals surface area contributed by atoms with Crippen LogP contribution in [0.2, 0.25) is 0 Å². The van der Waals surface area contributed by atoms with E-state index in [4.69, 9.17) is 0 Å². The summed E-state index contributed by atoms with van der Waals surface area (Å²) in [5, 5.41) is 3.56. The first kappa shape index (κ1) is 13.8. The van der Waals surface area contributed by atoms with Crippen LogP contribution >= 0.6 is 0 Å². The van der Waals surface area contributed by atoms with Crippen LogP contribution in [-0.4, -0.2) is 12.6 Å². The summed E-state index contributed by atoms with van der Waals surface area (Å²) in [5.74, 6) is 0.936. The second kappa shape index (κ2) is 6.44. The first-order valence-corrected chi connectivity index (χ1v) is 6.93. The monoisotopic (exact) mass is 223 g/mol. The van der Waals surface area contributed by atoms with Crippen molar-refractivity contribution in [3.63, 3.8) is 0 Å². The summed E-state index contributed by atoms with van der Waals surface area (Å²) in [5.41, 5.74) is 0.284. The van der Waals surface area contributed by atoms with Crippen molar-refractivity contribution >= 4 is 0 Å². The third kappa shape index (κ3) is 4.69. The van der Waals surface area contributed by atoms with Gasteiger partial charge in [0, 0.05) is 12.6 Å². The normalized spacial score (nSPS) is 22.0. The van der Waals surface area contributed by atoms with Gasteiger partial charge in [-0.1, -0.05) is 59.0 Å². The van der Waals surface area contributed by atoms with Gasteiger partial charge in [-0.3, -0.25) is 0 Å². The van der Waals surface area contributed by atoms with Crippen LogP contribution in [0.5, 0.6) is 0 Å². The van der Waals surface area contributed by atoms with E-state index in [1.165, 1.54) is 38.5 Å². The summed E-state index contributed by atoms with van der Waals surface area (Å²) < 4.78 is 0. The van der Waals surface area contributed by atoms with Gasteiger partial charge in [0.15, 0.2) is 0 Å². The molecule has 0 aromatic carbocycles. The molecule has 1 N–H and O–H groups in total. The van der Waals surface area contributed by atoms with Crippen LogP contribution in [0.1, 0.15) is 59.3 Å². The minimum atomic E-state index is 0.284. The van der Waals surface area contributed by atoms with E-state index in [-0.39, 0.29) is 5.41 Å². The molecule has 1 nitrogen and oxygen atoms in total. The molecular formula is C15H29N. The minimum absolute atomic E-state index is 0.284. The molecule has 0 spiro atoms. The van der Waals surface area contributed by atoms with Gasteiger partial charge in [0.25, 0.3) is 0 Å². The van der Waals surface area contributed by atoms with Crippen molar-refractivity contribution in [3.8, 4) is 0 Å². The maximum atomic E-state index is 4.04. The lowest BCUT2D eigenvalue weighted by molar-refractivity contribution is 0.238. The zero-order valence-electron chi connectivity index (χ0n) is 11.4. The Bertz CT molecular complexity index is 203. The molecular weight excluding hydrogens is 194 g/mol. The van der Waals surface area contributed by atoms with Gasteiger partial charge < -0.3 is 5.32 Å². The quantitative estimate of drug-likeness (QED) is 0.667. The van der Waals surface area contributed by atoms with Crippen molar-refractivity contribution in [2.45, 2.75) is 65.3 Å². The van der Waals surface area contributed by atoms with Crippen LogP contribution in [0.25, 0.3) is 0 Å². The van der Waals surface area contributed by atoms with Gasteiger partial charge >= 0.3 is 0 Å². The second-order valence-corrected chi connectivity index (χ2v) is 6.10. The lowest BCUT2D eigenvalue weighted by atomic mass is 9.75. The smallest absolute Gasteiger partial charge is 0.00422 e. The molecule has 0 radical (unpaired) electrons. The summed E-state index contributed by atoms with van der Waals surface area (Å²) in [6.07, 6.45) is 10.7. The molecule has 0 amide bonds. The predicted molar refractivity (Wildman–Crippen MR) is 72.6 cm³/mol. The zero-order valence-corrected chi connectivity index (χ0v) is 11.4. The molecule has 1 fully saturated rings. The summed E-state index contributed by atoms with van der Waals surface area (Å²) >= 11 is 0. The fourth-order valence-corrected chi connectivity index (χ4v) is 2.72. The highest BCUT2D eigenvalue weighted by atomic mass is 14.9. The first-order chi connectivity index (χ1) is 7.56. The molecule has 16 heavy (non-hydrogen) atoms. The molecule has 1 aliphatic carbocycles. The van der Waals surface area contributed by atoms with Crippen LogP contribution < -0.4 is 5.32 Å². The molecule has 0 heterocycles. The first-order valence-electron chi connectivity index (χ1n) is 6.93. The van der Waals surface area contributed by atoms with Gasteiger partial charge in [-0.15, -0.1) is 6.58 Å². The molecule has 0 aliphatic heterocycles. The average Bonchev–Trinajstić information content (AvgIpc) is 2.28. The SMILES string of the molecule is C=CC(C)(CNC(C)C)CC1CCCCC1. The Morgan fingerprint density at radius 2 is 1.94 bits per heavy atom. The Morgan fingerprint density at radius 3 is 2.44 bits per heavy atom. The highest BCUT2D eigenvalue weighted by Gasteiger charge is 2.26. The molecule has 1 atom stereocenters. The Morgan fingerprint density at radius 1 is 1.31 bits per heavy atom. The maximum absolute atomic E-state index is 4.04. The average molecular weight is 223 g/mol. The number of hydrogen-bond acceptors (Lipinski definition) is 1. The highest BCUT2D eigenvalue weighted by Crippen LogP contribution is 2.35. The van der Waals surface area contributed by atoms with Crippen molar-refractivity contribution < 1.29 is 0 Å². The van der Waals surface area contributed by atoms with Crippen molar-refractivity contribution in [1.29, 1.82) is 0 Å². The molecule has 0 aromatic rings. The number of hydrogen-bond donors (Lipinski definition) is 1. The topological polar surface area (TPSA) is 12.0 Å². The maximum Gasteiger partial charge on any atom is 0.00422 e. The van der Waals surface area contributed by atoms with E-state index in [0.29, 0.717) is 6.04 Å². The summed E-state index contributed by atoms with van der Waals surface area (Å²) in [7, 11) is 0. The summed E-state index contributed by atoms with van der Waals surface area (Å²) in [6, 6.07) is 0.575. The van der Waals surface area contributed by atoms with Crippen LogP contribution in [0.3, 0.4) is 0 Å². The van der Waals surface area contributed by atoms with Crippen molar-refractivity contribution in [2.75, 3.05) is 6.54 Å². The van der Waals surface area contributed by atoms with E-state index >= 15 is 0 Å². The molecule has 0 bridgehead atoms. The standard InChI is InChI=1S/C15H29N/c1-5-15(4,12-16-13(2)3)11-14-9-7-6-8-10-14/h5,13-14,16H,1,6-12H2,2-4H3. The van der Waals surface area contributed by atoms with Gasteiger partial charge in [-0.05, 0) is 17.8 Å². The van der Waals surface area contributed by atoms with E-state index in [0.717, 1.165) is 12.5 Å². The van der Waals surface area contributed by atoms with E-state index in [9.17, 15) is 0 Å². The van der Waals surface area contributed by atoms with Crippen LogP contribution in [0, 0.1) is 11.3 Å². The highest BCUT2D eigenvalue weighted by molar-refractivity contribution is 4.95. The lowest BCUT2D eigenvalue weighted by Crippen LogP contribution is -2.36. The Kier molecular flexibility index (Phi) is 5.54. The zero-order chi connectivity index (χ0) is 12.0. The minimum Gasteiger partial charge on any atom is -0.314 e. The number of rotatable bonds is 6. The Hall–Kier alpha value is -0.300. The van der Waals surface area contributed by atoms with Crippen molar-refractivity contribution in [2.24, 2.45) is 11.3 Å². The Balaban J connectivity index is 2.41. The van der Waals surface area contributed by atoms with E-state index < -0.39 is 0 Å². The second-order valence-electron chi connectivity index (χ2n) is 6.10. The number of nitrogens with one attached hydrogen (secondary N) is 1. The van der Waals surface area contributed by atoms with Crippen LogP contribution in [-0.2, 0) is 0 Å².